The summed E-state index contributed by atoms with van der Waals surface area (Å²) in [5, 5.41) is 2.83. The smallest absolute Gasteiger partial charge is 0.410 e. The lowest BCUT2D eigenvalue weighted by atomic mass is 10.3. The van der Waals surface area contributed by atoms with Crippen LogP contribution in [0.3, 0.4) is 0 Å². The van der Waals surface area contributed by atoms with E-state index in [1.807, 2.05) is 6.92 Å². The van der Waals surface area contributed by atoms with Gasteiger partial charge in [-0.25, -0.2) is 4.79 Å². The van der Waals surface area contributed by atoms with Gasteiger partial charge in [0, 0.05) is 25.0 Å². The number of rotatable bonds is 4. The number of nitrogens with zero attached hydrogens (tertiary/aromatic N) is 2. The van der Waals surface area contributed by atoms with Gasteiger partial charge in [-0.15, -0.1) is 0 Å². The number of aromatic nitrogens is 1. The Morgan fingerprint density at radius 1 is 1.44 bits per heavy atom. The highest BCUT2D eigenvalue weighted by Gasteiger charge is 2.16. The molecule has 1 unspecified atom stereocenters. The number of carbonyl (C=O) groups is 1. The third-order valence-electron chi connectivity index (χ3n) is 2.96. The van der Waals surface area contributed by atoms with E-state index in [4.69, 9.17) is 4.74 Å². The van der Waals surface area contributed by atoms with Gasteiger partial charge in [-0.2, -0.15) is 0 Å². The van der Waals surface area contributed by atoms with E-state index in [0.717, 1.165) is 19.6 Å². The van der Waals surface area contributed by atoms with E-state index in [1.54, 1.807) is 24.5 Å². The molecule has 0 aromatic carbocycles. The summed E-state index contributed by atoms with van der Waals surface area (Å²) in [6.07, 6.45) is 5.29. The highest BCUT2D eigenvalue weighted by Crippen LogP contribution is 2.09. The molecule has 0 radical (unpaired) electrons. The quantitative estimate of drug-likeness (QED) is 0.881. The van der Waals surface area contributed by atoms with Crippen LogP contribution < -0.4 is 10.1 Å². The second kappa shape index (κ2) is 6.35. The van der Waals surface area contributed by atoms with E-state index in [0.29, 0.717) is 5.75 Å². The van der Waals surface area contributed by atoms with E-state index < -0.39 is 6.09 Å². The molecule has 1 amide bonds. The normalized spacial score (nSPS) is 17.4. The minimum Gasteiger partial charge on any atom is -0.410 e. The number of ether oxygens (including phenoxy) is 1. The lowest BCUT2D eigenvalue weighted by Crippen LogP contribution is -2.42. The predicted molar refractivity (Wildman–Crippen MR) is 68.5 cm³/mol. The maximum Gasteiger partial charge on any atom is 0.412 e. The second-order valence-corrected chi connectivity index (χ2v) is 4.63. The molecule has 1 atom stereocenters. The summed E-state index contributed by atoms with van der Waals surface area (Å²) in [5.41, 5.74) is 0. The number of amides is 1. The average Bonchev–Trinajstić information content (AvgIpc) is 2.82. The molecule has 0 aliphatic carbocycles. The van der Waals surface area contributed by atoms with Crippen molar-refractivity contribution < 1.29 is 9.53 Å². The second-order valence-electron chi connectivity index (χ2n) is 4.63. The first-order chi connectivity index (χ1) is 8.74. The molecule has 18 heavy (non-hydrogen) atoms. The van der Waals surface area contributed by atoms with Gasteiger partial charge in [-0.3, -0.25) is 4.98 Å². The summed E-state index contributed by atoms with van der Waals surface area (Å²) in [5.74, 6) is 0.510. The maximum atomic E-state index is 11.6. The number of hydrogen-bond donors (Lipinski definition) is 1. The van der Waals surface area contributed by atoms with Gasteiger partial charge >= 0.3 is 6.09 Å². The van der Waals surface area contributed by atoms with E-state index in [-0.39, 0.29) is 6.04 Å². The maximum absolute atomic E-state index is 11.6. The van der Waals surface area contributed by atoms with Gasteiger partial charge in [0.15, 0.2) is 0 Å². The Balaban J connectivity index is 1.73. The molecule has 1 N–H and O–H groups in total. The molecule has 5 heteroatoms. The number of likely N-dealkylation sites (tertiary alicyclic amines) is 1. The average molecular weight is 249 g/mol. The van der Waals surface area contributed by atoms with Gasteiger partial charge in [0.2, 0.25) is 0 Å². The molecule has 1 aliphatic rings. The summed E-state index contributed by atoms with van der Waals surface area (Å²) in [6, 6.07) is 3.41. The number of pyridine rings is 1. The van der Waals surface area contributed by atoms with Crippen LogP contribution >= 0.6 is 0 Å². The van der Waals surface area contributed by atoms with E-state index in [9.17, 15) is 4.79 Å². The van der Waals surface area contributed by atoms with Gasteiger partial charge in [-0.05, 0) is 45.0 Å². The van der Waals surface area contributed by atoms with Gasteiger partial charge in [-0.1, -0.05) is 0 Å². The van der Waals surface area contributed by atoms with Crippen molar-refractivity contribution in [3.05, 3.63) is 24.5 Å². The molecule has 1 fully saturated rings. The van der Waals surface area contributed by atoms with Gasteiger partial charge in [0.1, 0.15) is 5.75 Å². The lowest BCUT2D eigenvalue weighted by Gasteiger charge is -2.20. The highest BCUT2D eigenvalue weighted by atomic mass is 16.6. The molecule has 1 aromatic heterocycles. The first kappa shape index (κ1) is 12.8. The van der Waals surface area contributed by atoms with Crippen LogP contribution in [0.2, 0.25) is 0 Å². The third kappa shape index (κ3) is 4.00. The fraction of sp³-hybridized carbons (Fsp3) is 0.538. The zero-order valence-corrected chi connectivity index (χ0v) is 10.6. The Bertz CT molecular complexity index is 377. The Kier molecular flexibility index (Phi) is 4.52. The molecule has 2 heterocycles. The topological polar surface area (TPSA) is 54.5 Å². The third-order valence-corrected chi connectivity index (χ3v) is 2.96. The van der Waals surface area contributed by atoms with Crippen LogP contribution in [0.5, 0.6) is 5.75 Å². The monoisotopic (exact) mass is 249 g/mol. The van der Waals surface area contributed by atoms with E-state index >= 15 is 0 Å². The first-order valence-corrected chi connectivity index (χ1v) is 6.35. The van der Waals surface area contributed by atoms with Crippen molar-refractivity contribution in [3.8, 4) is 5.75 Å². The Morgan fingerprint density at radius 2 is 2.11 bits per heavy atom. The first-order valence-electron chi connectivity index (χ1n) is 6.35. The molecule has 1 saturated heterocycles. The number of carbonyl (C=O) groups excluding carboxylic acids is 1. The molecule has 0 spiro atoms. The van der Waals surface area contributed by atoms with Crippen molar-refractivity contribution >= 4 is 6.09 Å². The van der Waals surface area contributed by atoms with Crippen molar-refractivity contribution in [3.63, 3.8) is 0 Å². The highest BCUT2D eigenvalue weighted by molar-refractivity contribution is 5.70. The van der Waals surface area contributed by atoms with Crippen LogP contribution in [0.1, 0.15) is 19.8 Å². The van der Waals surface area contributed by atoms with Crippen molar-refractivity contribution in [2.75, 3.05) is 19.6 Å². The molecule has 0 saturated carbocycles. The van der Waals surface area contributed by atoms with Crippen molar-refractivity contribution in [2.45, 2.75) is 25.8 Å². The summed E-state index contributed by atoms with van der Waals surface area (Å²) in [6.45, 7) is 5.13. The van der Waals surface area contributed by atoms with Crippen LogP contribution in [0.15, 0.2) is 24.5 Å². The van der Waals surface area contributed by atoms with Crippen LogP contribution in [0.25, 0.3) is 0 Å². The van der Waals surface area contributed by atoms with Crippen molar-refractivity contribution in [1.82, 2.24) is 15.2 Å². The molecular formula is C13H19N3O2. The molecule has 98 valence electrons. The minimum absolute atomic E-state index is 0.0948. The number of nitrogens with one attached hydrogen (secondary N) is 1. The molecule has 2 rings (SSSR count). The number of hydrogen-bond acceptors (Lipinski definition) is 4. The minimum atomic E-state index is -0.409. The molecule has 5 nitrogen and oxygen atoms in total. The van der Waals surface area contributed by atoms with Crippen LogP contribution in [0, 0.1) is 0 Å². The SMILES string of the molecule is CC(CN1CCCC1)NC(=O)Oc1ccncc1. The summed E-state index contributed by atoms with van der Waals surface area (Å²) >= 11 is 0. The Morgan fingerprint density at radius 3 is 2.78 bits per heavy atom. The van der Waals surface area contributed by atoms with Gasteiger partial charge in [0.25, 0.3) is 0 Å². The van der Waals surface area contributed by atoms with Crippen LogP contribution in [-0.2, 0) is 0 Å². The molecule has 1 aromatic rings. The zero-order chi connectivity index (χ0) is 12.8. The van der Waals surface area contributed by atoms with Crippen molar-refractivity contribution in [1.29, 1.82) is 0 Å². The van der Waals surface area contributed by atoms with Gasteiger partial charge in [0.05, 0.1) is 0 Å². The fourth-order valence-corrected chi connectivity index (χ4v) is 2.14. The van der Waals surface area contributed by atoms with Crippen molar-refractivity contribution in [2.24, 2.45) is 0 Å². The zero-order valence-electron chi connectivity index (χ0n) is 10.6. The molecule has 0 bridgehead atoms. The fourth-order valence-electron chi connectivity index (χ4n) is 2.14. The van der Waals surface area contributed by atoms with Crippen LogP contribution in [0.4, 0.5) is 4.79 Å². The van der Waals surface area contributed by atoms with Crippen LogP contribution in [-0.4, -0.2) is 41.7 Å². The Hall–Kier alpha value is -1.62. The largest absolute Gasteiger partial charge is 0.412 e. The van der Waals surface area contributed by atoms with E-state index in [1.165, 1.54) is 12.8 Å². The Labute approximate surface area is 107 Å². The lowest BCUT2D eigenvalue weighted by molar-refractivity contribution is 0.192. The summed E-state index contributed by atoms with van der Waals surface area (Å²) < 4.78 is 5.14. The van der Waals surface area contributed by atoms with E-state index in [2.05, 4.69) is 15.2 Å². The van der Waals surface area contributed by atoms with Gasteiger partial charge < -0.3 is 15.0 Å². The standard InChI is InChI=1S/C13H19N3O2/c1-11(10-16-8-2-3-9-16)15-13(17)18-12-4-6-14-7-5-12/h4-7,11H,2-3,8-10H2,1H3,(H,15,17). The summed E-state index contributed by atoms with van der Waals surface area (Å²) in [4.78, 5) is 17.8. The summed E-state index contributed by atoms with van der Waals surface area (Å²) in [7, 11) is 0. The molecular weight excluding hydrogens is 230 g/mol. The molecule has 1 aliphatic heterocycles. The predicted octanol–water partition coefficient (Wildman–Crippen LogP) is 1.65.